The molecule has 1 aliphatic rings. The van der Waals surface area contributed by atoms with Crippen molar-refractivity contribution in [2.24, 2.45) is 5.92 Å². The van der Waals surface area contributed by atoms with Crippen LogP contribution in [-0.4, -0.2) is 36.1 Å². The first kappa shape index (κ1) is 18.7. The van der Waals surface area contributed by atoms with Gasteiger partial charge in [-0.05, 0) is 44.9 Å². The van der Waals surface area contributed by atoms with Crippen molar-refractivity contribution in [3.63, 3.8) is 0 Å². The first-order valence-corrected chi connectivity index (χ1v) is 9.47. The summed E-state index contributed by atoms with van der Waals surface area (Å²) in [6.45, 7) is 8.44. The van der Waals surface area contributed by atoms with E-state index in [1.165, 1.54) is 11.1 Å². The SMILES string of the molecule is CC(C)(C)OC(=O)[C@H]1CCN(CC(c2ccccc2)c2ccccc2)C1. The number of hydrogen-bond donors (Lipinski definition) is 0. The van der Waals surface area contributed by atoms with E-state index in [1.54, 1.807) is 0 Å². The lowest BCUT2D eigenvalue weighted by atomic mass is 9.91. The van der Waals surface area contributed by atoms with Crippen LogP contribution in [0.4, 0.5) is 0 Å². The highest BCUT2D eigenvalue weighted by molar-refractivity contribution is 5.73. The fraction of sp³-hybridized carbons (Fsp3) is 0.435. The Bertz CT molecular complexity index is 666. The molecule has 0 saturated carbocycles. The van der Waals surface area contributed by atoms with Crippen LogP contribution in [0.3, 0.4) is 0 Å². The van der Waals surface area contributed by atoms with Gasteiger partial charge in [-0.1, -0.05) is 60.7 Å². The van der Waals surface area contributed by atoms with Gasteiger partial charge in [-0.15, -0.1) is 0 Å². The zero-order valence-electron chi connectivity index (χ0n) is 16.0. The summed E-state index contributed by atoms with van der Waals surface area (Å²) in [6.07, 6.45) is 0.880. The van der Waals surface area contributed by atoms with Crippen molar-refractivity contribution in [2.45, 2.75) is 38.7 Å². The number of carbonyl (C=O) groups is 1. The van der Waals surface area contributed by atoms with Crippen LogP contribution in [0.15, 0.2) is 60.7 Å². The molecule has 0 aromatic heterocycles. The number of rotatable bonds is 5. The second-order valence-corrected chi connectivity index (χ2v) is 8.15. The quantitative estimate of drug-likeness (QED) is 0.744. The van der Waals surface area contributed by atoms with Crippen LogP contribution in [0.1, 0.15) is 44.2 Å². The smallest absolute Gasteiger partial charge is 0.310 e. The average molecular weight is 351 g/mol. The summed E-state index contributed by atoms with van der Waals surface area (Å²) < 4.78 is 5.58. The molecule has 1 saturated heterocycles. The summed E-state index contributed by atoms with van der Waals surface area (Å²) in [5.74, 6) is 0.243. The van der Waals surface area contributed by atoms with Gasteiger partial charge in [-0.3, -0.25) is 4.79 Å². The van der Waals surface area contributed by atoms with Crippen molar-refractivity contribution in [2.75, 3.05) is 19.6 Å². The van der Waals surface area contributed by atoms with Gasteiger partial charge in [0.05, 0.1) is 5.92 Å². The lowest BCUT2D eigenvalue weighted by Gasteiger charge is -2.25. The Morgan fingerprint density at radius 3 is 2.08 bits per heavy atom. The van der Waals surface area contributed by atoms with Gasteiger partial charge in [-0.2, -0.15) is 0 Å². The molecule has 26 heavy (non-hydrogen) atoms. The van der Waals surface area contributed by atoms with E-state index in [4.69, 9.17) is 4.74 Å². The third-order valence-corrected chi connectivity index (χ3v) is 4.86. The number of likely N-dealkylation sites (tertiary alicyclic amines) is 1. The van der Waals surface area contributed by atoms with Crippen molar-refractivity contribution in [3.8, 4) is 0 Å². The Morgan fingerprint density at radius 2 is 1.58 bits per heavy atom. The molecular formula is C23H29NO2. The molecular weight excluding hydrogens is 322 g/mol. The topological polar surface area (TPSA) is 29.5 Å². The zero-order chi connectivity index (χ0) is 18.6. The highest BCUT2D eigenvalue weighted by atomic mass is 16.6. The number of hydrogen-bond acceptors (Lipinski definition) is 3. The van der Waals surface area contributed by atoms with E-state index < -0.39 is 5.60 Å². The molecule has 2 aromatic rings. The standard InChI is InChI=1S/C23H29NO2/c1-23(2,3)26-22(25)20-14-15-24(16-20)17-21(18-10-6-4-7-11-18)19-12-8-5-9-13-19/h4-13,20-21H,14-17H2,1-3H3/t20-/m0/s1. The van der Waals surface area contributed by atoms with Gasteiger partial charge in [0, 0.05) is 19.0 Å². The molecule has 3 heteroatoms. The summed E-state index contributed by atoms with van der Waals surface area (Å²) in [7, 11) is 0. The van der Waals surface area contributed by atoms with E-state index in [0.29, 0.717) is 5.92 Å². The van der Waals surface area contributed by atoms with E-state index in [0.717, 1.165) is 26.1 Å². The van der Waals surface area contributed by atoms with E-state index in [1.807, 2.05) is 20.8 Å². The van der Waals surface area contributed by atoms with Crippen LogP contribution in [0.5, 0.6) is 0 Å². The Balaban J connectivity index is 1.70. The minimum atomic E-state index is -0.416. The third kappa shape index (κ3) is 4.95. The second kappa shape index (κ2) is 8.05. The molecule has 3 rings (SSSR count). The molecule has 1 fully saturated rings. The molecule has 0 amide bonds. The lowest BCUT2D eigenvalue weighted by molar-refractivity contribution is -0.159. The molecule has 1 heterocycles. The highest BCUT2D eigenvalue weighted by Crippen LogP contribution is 2.29. The van der Waals surface area contributed by atoms with Crippen molar-refractivity contribution in [1.29, 1.82) is 0 Å². The van der Waals surface area contributed by atoms with Crippen molar-refractivity contribution >= 4 is 5.97 Å². The van der Waals surface area contributed by atoms with Crippen LogP contribution >= 0.6 is 0 Å². The molecule has 0 unspecified atom stereocenters. The fourth-order valence-corrected chi connectivity index (χ4v) is 3.61. The number of esters is 1. The number of carbonyl (C=O) groups excluding carboxylic acids is 1. The lowest BCUT2D eigenvalue weighted by Crippen LogP contribution is -2.32. The molecule has 0 aliphatic carbocycles. The first-order valence-electron chi connectivity index (χ1n) is 9.47. The van der Waals surface area contributed by atoms with E-state index in [2.05, 4.69) is 65.6 Å². The molecule has 0 bridgehead atoms. The molecule has 0 spiro atoms. The minimum absolute atomic E-state index is 0.0126. The Kier molecular flexibility index (Phi) is 5.77. The Labute approximate surface area is 157 Å². The van der Waals surface area contributed by atoms with Gasteiger partial charge in [0.15, 0.2) is 0 Å². The van der Waals surface area contributed by atoms with Gasteiger partial charge in [0.2, 0.25) is 0 Å². The van der Waals surface area contributed by atoms with Gasteiger partial charge < -0.3 is 9.64 Å². The largest absolute Gasteiger partial charge is 0.460 e. The summed E-state index contributed by atoms with van der Waals surface area (Å²) in [6, 6.07) is 21.3. The molecule has 0 radical (unpaired) electrons. The van der Waals surface area contributed by atoms with Gasteiger partial charge in [-0.25, -0.2) is 0 Å². The molecule has 0 N–H and O–H groups in total. The average Bonchev–Trinajstić information content (AvgIpc) is 3.09. The maximum Gasteiger partial charge on any atom is 0.310 e. The predicted octanol–water partition coefficient (Wildman–Crippen LogP) is 4.48. The second-order valence-electron chi connectivity index (χ2n) is 8.15. The van der Waals surface area contributed by atoms with Crippen LogP contribution in [0.25, 0.3) is 0 Å². The molecule has 1 aliphatic heterocycles. The maximum absolute atomic E-state index is 12.4. The predicted molar refractivity (Wildman–Crippen MR) is 105 cm³/mol. The van der Waals surface area contributed by atoms with E-state index in [9.17, 15) is 4.79 Å². The summed E-state index contributed by atoms with van der Waals surface area (Å²) in [5.41, 5.74) is 2.22. The Hall–Kier alpha value is -2.13. The number of nitrogens with zero attached hydrogens (tertiary/aromatic N) is 1. The molecule has 1 atom stereocenters. The third-order valence-electron chi connectivity index (χ3n) is 4.86. The van der Waals surface area contributed by atoms with Crippen LogP contribution in [0, 0.1) is 5.92 Å². The Morgan fingerprint density at radius 1 is 1.04 bits per heavy atom. The highest BCUT2D eigenvalue weighted by Gasteiger charge is 2.33. The normalized spacial score (nSPS) is 18.2. The van der Waals surface area contributed by atoms with Crippen molar-refractivity contribution in [1.82, 2.24) is 4.90 Å². The van der Waals surface area contributed by atoms with Crippen molar-refractivity contribution in [3.05, 3.63) is 71.8 Å². The van der Waals surface area contributed by atoms with E-state index >= 15 is 0 Å². The number of ether oxygens (including phenoxy) is 1. The number of benzene rings is 2. The van der Waals surface area contributed by atoms with Crippen LogP contribution < -0.4 is 0 Å². The summed E-state index contributed by atoms with van der Waals surface area (Å²) in [4.78, 5) is 14.8. The van der Waals surface area contributed by atoms with Gasteiger partial charge in [0.1, 0.15) is 5.60 Å². The fourth-order valence-electron chi connectivity index (χ4n) is 3.61. The van der Waals surface area contributed by atoms with Gasteiger partial charge in [0.25, 0.3) is 0 Å². The summed E-state index contributed by atoms with van der Waals surface area (Å²) in [5, 5.41) is 0. The molecule has 138 valence electrons. The van der Waals surface area contributed by atoms with Crippen LogP contribution in [0.2, 0.25) is 0 Å². The van der Waals surface area contributed by atoms with Crippen LogP contribution in [-0.2, 0) is 9.53 Å². The molecule has 2 aromatic carbocycles. The van der Waals surface area contributed by atoms with E-state index in [-0.39, 0.29) is 11.9 Å². The monoisotopic (exact) mass is 351 g/mol. The molecule has 3 nitrogen and oxygen atoms in total. The van der Waals surface area contributed by atoms with Gasteiger partial charge >= 0.3 is 5.97 Å². The minimum Gasteiger partial charge on any atom is -0.460 e. The zero-order valence-corrected chi connectivity index (χ0v) is 16.0. The van der Waals surface area contributed by atoms with Crippen molar-refractivity contribution < 1.29 is 9.53 Å². The summed E-state index contributed by atoms with van der Waals surface area (Å²) >= 11 is 0. The maximum atomic E-state index is 12.4. The first-order chi connectivity index (χ1) is 12.4.